The summed E-state index contributed by atoms with van der Waals surface area (Å²) in [6, 6.07) is 14.0. The molecule has 0 spiro atoms. The number of nitrogens with zero attached hydrogens (tertiary/aromatic N) is 1. The number of Topliss-reactive ketones (excluding diaryl/α,β-unsaturated/α-hetero) is 1. The number of ketones is 1. The van der Waals surface area contributed by atoms with Crippen molar-refractivity contribution in [2.75, 3.05) is 18.1 Å². The van der Waals surface area contributed by atoms with Crippen molar-refractivity contribution >= 4 is 34.9 Å². The Hall–Kier alpha value is -2.66. The molecule has 0 aromatic heterocycles. The van der Waals surface area contributed by atoms with Crippen molar-refractivity contribution in [2.24, 2.45) is 5.92 Å². The molecule has 1 fully saturated rings. The zero-order valence-electron chi connectivity index (χ0n) is 14.3. The summed E-state index contributed by atoms with van der Waals surface area (Å²) in [7, 11) is 0. The molecular weight excluding hydrogens is 354 g/mol. The zero-order chi connectivity index (χ0) is 18.7. The van der Waals surface area contributed by atoms with Gasteiger partial charge in [0.25, 0.3) is 0 Å². The Morgan fingerprint density at radius 1 is 1.19 bits per heavy atom. The molecule has 0 N–H and O–H groups in total. The minimum absolute atomic E-state index is 0.0594. The molecule has 1 heterocycles. The Morgan fingerprint density at radius 2 is 1.92 bits per heavy atom. The average Bonchev–Trinajstić information content (AvgIpc) is 3.04. The summed E-state index contributed by atoms with van der Waals surface area (Å²) < 4.78 is 5.12. The molecule has 26 heavy (non-hydrogen) atoms. The van der Waals surface area contributed by atoms with Crippen LogP contribution in [-0.4, -0.2) is 30.8 Å². The highest BCUT2D eigenvalue weighted by Gasteiger charge is 2.36. The van der Waals surface area contributed by atoms with Crippen molar-refractivity contribution in [1.82, 2.24) is 0 Å². The molecule has 6 heteroatoms. The fraction of sp³-hybridized carbons (Fsp3) is 0.250. The van der Waals surface area contributed by atoms with Crippen LogP contribution >= 0.6 is 11.6 Å². The van der Waals surface area contributed by atoms with E-state index in [2.05, 4.69) is 0 Å². The molecule has 1 atom stereocenters. The molecule has 0 unspecified atom stereocenters. The van der Waals surface area contributed by atoms with Crippen LogP contribution in [-0.2, 0) is 14.3 Å². The summed E-state index contributed by atoms with van der Waals surface area (Å²) in [6.07, 6.45) is 0.0594. The molecular formula is C20H18ClNO4. The van der Waals surface area contributed by atoms with Crippen molar-refractivity contribution < 1.29 is 19.1 Å². The lowest BCUT2D eigenvalue weighted by Crippen LogP contribution is -2.27. The molecule has 0 aliphatic carbocycles. The highest BCUT2D eigenvalue weighted by Crippen LogP contribution is 2.29. The van der Waals surface area contributed by atoms with Gasteiger partial charge in [-0.2, -0.15) is 0 Å². The smallest absolute Gasteiger partial charge is 0.311 e. The molecule has 1 aliphatic rings. The number of halogens is 1. The molecule has 0 saturated carbocycles. The molecule has 2 aromatic rings. The maximum atomic E-state index is 12.3. The SMILES string of the molecule is Cc1ccc(N2C[C@H](C(=O)OCC(=O)c3ccccc3)CC2=O)cc1Cl. The van der Waals surface area contributed by atoms with Crippen molar-refractivity contribution in [3.8, 4) is 0 Å². The number of aryl methyl sites for hydroxylation is 1. The number of hydrogen-bond donors (Lipinski definition) is 0. The number of esters is 1. The number of ether oxygens (including phenoxy) is 1. The highest BCUT2D eigenvalue weighted by molar-refractivity contribution is 6.31. The monoisotopic (exact) mass is 371 g/mol. The van der Waals surface area contributed by atoms with E-state index in [-0.39, 0.29) is 31.3 Å². The van der Waals surface area contributed by atoms with Crippen LogP contribution in [0.15, 0.2) is 48.5 Å². The van der Waals surface area contributed by atoms with E-state index in [0.29, 0.717) is 16.3 Å². The van der Waals surface area contributed by atoms with Gasteiger partial charge in [-0.15, -0.1) is 0 Å². The third-order valence-electron chi connectivity index (χ3n) is 4.37. The normalized spacial score (nSPS) is 16.6. The van der Waals surface area contributed by atoms with Crippen LogP contribution in [0, 0.1) is 12.8 Å². The molecule has 1 aliphatic heterocycles. The van der Waals surface area contributed by atoms with Gasteiger partial charge >= 0.3 is 5.97 Å². The molecule has 5 nitrogen and oxygen atoms in total. The van der Waals surface area contributed by atoms with Gasteiger partial charge in [-0.3, -0.25) is 14.4 Å². The largest absolute Gasteiger partial charge is 0.457 e. The lowest BCUT2D eigenvalue weighted by molar-refractivity contribution is -0.147. The summed E-state index contributed by atoms with van der Waals surface area (Å²) in [5.74, 6) is -1.57. The van der Waals surface area contributed by atoms with E-state index in [1.807, 2.05) is 13.0 Å². The predicted octanol–water partition coefficient (Wildman–Crippen LogP) is 3.43. The maximum Gasteiger partial charge on any atom is 0.311 e. The lowest BCUT2D eigenvalue weighted by atomic mass is 10.1. The fourth-order valence-corrected chi connectivity index (χ4v) is 3.00. The predicted molar refractivity (Wildman–Crippen MR) is 98.4 cm³/mol. The Bertz CT molecular complexity index is 850. The second-order valence-corrected chi connectivity index (χ2v) is 6.64. The van der Waals surface area contributed by atoms with Crippen LogP contribution in [0.2, 0.25) is 5.02 Å². The lowest BCUT2D eigenvalue weighted by Gasteiger charge is -2.17. The molecule has 0 radical (unpaired) electrons. The number of carbonyl (C=O) groups is 3. The topological polar surface area (TPSA) is 63.7 Å². The molecule has 0 bridgehead atoms. The van der Waals surface area contributed by atoms with Crippen molar-refractivity contribution in [2.45, 2.75) is 13.3 Å². The standard InChI is InChI=1S/C20H18ClNO4/c1-13-7-8-16(10-17(13)21)22-11-15(9-19(22)24)20(25)26-12-18(23)14-5-3-2-4-6-14/h2-8,10,15H,9,11-12H2,1H3/t15-/m1/s1. The Morgan fingerprint density at radius 3 is 2.62 bits per heavy atom. The first kappa shape index (κ1) is 18.1. The van der Waals surface area contributed by atoms with Gasteiger partial charge in [0.05, 0.1) is 5.92 Å². The summed E-state index contributed by atoms with van der Waals surface area (Å²) >= 11 is 6.11. The number of rotatable bonds is 5. The van der Waals surface area contributed by atoms with Gasteiger partial charge in [0.2, 0.25) is 5.91 Å². The van der Waals surface area contributed by atoms with Crippen molar-refractivity contribution in [3.05, 3.63) is 64.7 Å². The second kappa shape index (κ2) is 7.70. The van der Waals surface area contributed by atoms with Crippen LogP contribution in [0.25, 0.3) is 0 Å². The van der Waals surface area contributed by atoms with E-state index in [9.17, 15) is 14.4 Å². The quantitative estimate of drug-likeness (QED) is 0.596. The second-order valence-electron chi connectivity index (χ2n) is 6.24. The van der Waals surface area contributed by atoms with Crippen LogP contribution in [0.1, 0.15) is 22.3 Å². The molecule has 3 rings (SSSR count). The van der Waals surface area contributed by atoms with Crippen LogP contribution < -0.4 is 4.90 Å². The first-order valence-corrected chi connectivity index (χ1v) is 8.65. The van der Waals surface area contributed by atoms with Crippen LogP contribution in [0.3, 0.4) is 0 Å². The van der Waals surface area contributed by atoms with E-state index in [1.165, 1.54) is 4.90 Å². The number of benzene rings is 2. The average molecular weight is 372 g/mol. The van der Waals surface area contributed by atoms with Gasteiger partial charge in [0.15, 0.2) is 12.4 Å². The van der Waals surface area contributed by atoms with Gasteiger partial charge in [0, 0.05) is 29.2 Å². The van der Waals surface area contributed by atoms with E-state index >= 15 is 0 Å². The van der Waals surface area contributed by atoms with Gasteiger partial charge in [-0.1, -0.05) is 48.0 Å². The molecule has 134 valence electrons. The highest BCUT2D eigenvalue weighted by atomic mass is 35.5. The van der Waals surface area contributed by atoms with E-state index in [1.54, 1.807) is 42.5 Å². The third-order valence-corrected chi connectivity index (χ3v) is 4.77. The van der Waals surface area contributed by atoms with Crippen LogP contribution in [0.4, 0.5) is 5.69 Å². The summed E-state index contributed by atoms with van der Waals surface area (Å²) in [4.78, 5) is 38.0. The number of amides is 1. The van der Waals surface area contributed by atoms with E-state index in [0.717, 1.165) is 5.56 Å². The Balaban J connectivity index is 1.60. The first-order chi connectivity index (χ1) is 12.5. The molecule has 1 amide bonds. The maximum absolute atomic E-state index is 12.3. The Labute approximate surface area is 156 Å². The summed E-state index contributed by atoms with van der Waals surface area (Å²) in [5.41, 5.74) is 2.05. The fourth-order valence-electron chi connectivity index (χ4n) is 2.83. The van der Waals surface area contributed by atoms with Gasteiger partial charge in [-0.05, 0) is 24.6 Å². The van der Waals surface area contributed by atoms with Crippen molar-refractivity contribution in [1.29, 1.82) is 0 Å². The van der Waals surface area contributed by atoms with Crippen molar-refractivity contribution in [3.63, 3.8) is 0 Å². The van der Waals surface area contributed by atoms with Gasteiger partial charge < -0.3 is 9.64 Å². The third kappa shape index (κ3) is 3.94. The number of carbonyl (C=O) groups excluding carboxylic acids is 3. The Kier molecular flexibility index (Phi) is 5.38. The summed E-state index contributed by atoms with van der Waals surface area (Å²) in [5, 5.41) is 0.565. The minimum Gasteiger partial charge on any atom is -0.457 e. The van der Waals surface area contributed by atoms with E-state index in [4.69, 9.17) is 16.3 Å². The van der Waals surface area contributed by atoms with Gasteiger partial charge in [0.1, 0.15) is 0 Å². The molecule has 1 saturated heterocycles. The number of anilines is 1. The van der Waals surface area contributed by atoms with E-state index < -0.39 is 11.9 Å². The van der Waals surface area contributed by atoms with Gasteiger partial charge in [-0.25, -0.2) is 0 Å². The minimum atomic E-state index is -0.592. The molecule has 2 aromatic carbocycles. The number of hydrogen-bond acceptors (Lipinski definition) is 4. The first-order valence-electron chi connectivity index (χ1n) is 8.27. The zero-order valence-corrected chi connectivity index (χ0v) is 15.0. The van der Waals surface area contributed by atoms with Crippen LogP contribution in [0.5, 0.6) is 0 Å². The summed E-state index contributed by atoms with van der Waals surface area (Å²) in [6.45, 7) is 1.77.